The van der Waals surface area contributed by atoms with Gasteiger partial charge in [0.25, 0.3) is 0 Å². The zero-order valence-corrected chi connectivity index (χ0v) is 26.4. The van der Waals surface area contributed by atoms with E-state index < -0.39 is 0 Å². The Kier molecular flexibility index (Phi) is 6.84. The Morgan fingerprint density at radius 2 is 0.771 bits per heavy atom. The van der Waals surface area contributed by atoms with E-state index in [1.165, 1.54) is 54.8 Å². The summed E-state index contributed by atoms with van der Waals surface area (Å²) in [5.41, 5.74) is 11.8. The molecule has 0 radical (unpaired) electrons. The molecule has 0 aliphatic carbocycles. The summed E-state index contributed by atoms with van der Waals surface area (Å²) >= 11 is 0. The molecule has 0 spiro atoms. The molecule has 0 aliphatic heterocycles. The van der Waals surface area contributed by atoms with Crippen molar-refractivity contribution in [2.75, 3.05) is 4.90 Å². The van der Waals surface area contributed by atoms with E-state index in [4.69, 9.17) is 0 Å². The molecule has 2 nitrogen and oxygen atoms in total. The molecule has 0 fully saturated rings. The summed E-state index contributed by atoms with van der Waals surface area (Å²) in [6.45, 7) is 0. The third kappa shape index (κ3) is 4.92. The second-order valence-electron chi connectivity index (χ2n) is 12.2. The van der Waals surface area contributed by atoms with Gasteiger partial charge in [-0.2, -0.15) is 0 Å². The predicted octanol–water partition coefficient (Wildman–Crippen LogP) is 12.7. The lowest BCUT2D eigenvalue weighted by molar-refractivity contribution is 1.18. The highest BCUT2D eigenvalue weighted by molar-refractivity contribution is 6.13. The highest BCUT2D eigenvalue weighted by Gasteiger charge is 2.15. The first-order valence-corrected chi connectivity index (χ1v) is 16.4. The molecular formula is C46H32N2. The first kappa shape index (κ1) is 27.9. The van der Waals surface area contributed by atoms with Gasteiger partial charge in [-0.25, -0.2) is 0 Å². The van der Waals surface area contributed by atoms with Crippen molar-refractivity contribution in [3.63, 3.8) is 0 Å². The van der Waals surface area contributed by atoms with Crippen molar-refractivity contribution < 1.29 is 0 Å². The Bertz CT molecular complexity index is 2510. The topological polar surface area (TPSA) is 8.17 Å². The lowest BCUT2D eigenvalue weighted by Gasteiger charge is -2.26. The van der Waals surface area contributed by atoms with Gasteiger partial charge in [-0.05, 0) is 99.8 Å². The van der Waals surface area contributed by atoms with Crippen LogP contribution in [0, 0.1) is 0 Å². The maximum atomic E-state index is 2.39. The van der Waals surface area contributed by atoms with Crippen LogP contribution in [-0.2, 0) is 0 Å². The first-order chi connectivity index (χ1) is 23.8. The summed E-state index contributed by atoms with van der Waals surface area (Å²) in [5.74, 6) is 0. The molecule has 0 amide bonds. The minimum atomic E-state index is 1.12. The molecule has 9 rings (SSSR count). The summed E-state index contributed by atoms with van der Waals surface area (Å²) in [6, 6.07) is 69.8. The summed E-state index contributed by atoms with van der Waals surface area (Å²) in [7, 11) is 0. The molecule has 0 atom stereocenters. The van der Waals surface area contributed by atoms with E-state index in [9.17, 15) is 0 Å². The molecule has 0 saturated carbocycles. The second-order valence-corrected chi connectivity index (χ2v) is 12.2. The van der Waals surface area contributed by atoms with E-state index in [0.717, 1.165) is 22.7 Å². The van der Waals surface area contributed by atoms with Crippen molar-refractivity contribution >= 4 is 49.6 Å². The second kappa shape index (κ2) is 11.8. The van der Waals surface area contributed by atoms with Crippen molar-refractivity contribution in [3.05, 3.63) is 194 Å². The van der Waals surface area contributed by atoms with E-state index in [1.54, 1.807) is 0 Å². The van der Waals surface area contributed by atoms with Gasteiger partial charge in [0.15, 0.2) is 0 Å². The molecule has 48 heavy (non-hydrogen) atoms. The van der Waals surface area contributed by atoms with E-state index in [1.807, 2.05) is 0 Å². The van der Waals surface area contributed by atoms with Gasteiger partial charge in [0, 0.05) is 33.5 Å². The molecule has 9 aromatic rings. The van der Waals surface area contributed by atoms with Crippen LogP contribution in [-0.4, -0.2) is 4.57 Å². The minimum Gasteiger partial charge on any atom is -0.311 e. The highest BCUT2D eigenvalue weighted by Crippen LogP contribution is 2.38. The Morgan fingerprint density at radius 3 is 1.40 bits per heavy atom. The van der Waals surface area contributed by atoms with Gasteiger partial charge in [0.05, 0.1) is 11.0 Å². The van der Waals surface area contributed by atoms with E-state index in [-0.39, 0.29) is 0 Å². The Balaban J connectivity index is 1.06. The minimum absolute atomic E-state index is 1.12. The predicted molar refractivity (Wildman–Crippen MR) is 204 cm³/mol. The molecule has 1 heterocycles. The largest absolute Gasteiger partial charge is 0.311 e. The van der Waals surface area contributed by atoms with E-state index in [0.29, 0.717) is 0 Å². The summed E-state index contributed by atoms with van der Waals surface area (Å²) < 4.78 is 2.39. The van der Waals surface area contributed by atoms with Gasteiger partial charge in [-0.1, -0.05) is 127 Å². The monoisotopic (exact) mass is 612 g/mol. The van der Waals surface area contributed by atoms with Crippen LogP contribution in [0.15, 0.2) is 194 Å². The normalized spacial score (nSPS) is 11.3. The molecule has 0 N–H and O–H groups in total. The SMILES string of the molecule is c1ccc(-c2ccc(N(c3ccccc3)c3ccc(-c4ccc(-n5c6ccccc6c6cc7ccccc7cc65)cc4)cc3)cc2)cc1. The lowest BCUT2D eigenvalue weighted by Crippen LogP contribution is -2.09. The quantitative estimate of drug-likeness (QED) is 0.181. The van der Waals surface area contributed by atoms with Crippen LogP contribution in [0.5, 0.6) is 0 Å². The molecule has 226 valence electrons. The van der Waals surface area contributed by atoms with Gasteiger partial charge in [-0.3, -0.25) is 0 Å². The zero-order valence-electron chi connectivity index (χ0n) is 26.4. The Hall–Kier alpha value is -6.38. The summed E-state index contributed by atoms with van der Waals surface area (Å²) in [4.78, 5) is 2.31. The third-order valence-corrected chi connectivity index (χ3v) is 9.37. The van der Waals surface area contributed by atoms with Crippen molar-refractivity contribution in [3.8, 4) is 27.9 Å². The number of hydrogen-bond acceptors (Lipinski definition) is 1. The number of hydrogen-bond donors (Lipinski definition) is 0. The maximum Gasteiger partial charge on any atom is 0.0547 e. The fraction of sp³-hybridized carbons (Fsp3) is 0. The molecule has 0 aliphatic rings. The van der Waals surface area contributed by atoms with Crippen molar-refractivity contribution in [2.45, 2.75) is 0 Å². The first-order valence-electron chi connectivity index (χ1n) is 16.4. The van der Waals surface area contributed by atoms with E-state index in [2.05, 4.69) is 204 Å². The van der Waals surface area contributed by atoms with Crippen LogP contribution in [0.25, 0.3) is 60.5 Å². The van der Waals surface area contributed by atoms with Crippen LogP contribution in [0.3, 0.4) is 0 Å². The summed E-state index contributed by atoms with van der Waals surface area (Å²) in [5, 5.41) is 5.07. The van der Waals surface area contributed by atoms with Gasteiger partial charge in [0.2, 0.25) is 0 Å². The number of para-hydroxylation sites is 2. The fourth-order valence-electron chi connectivity index (χ4n) is 7.00. The smallest absolute Gasteiger partial charge is 0.0547 e. The maximum absolute atomic E-state index is 2.39. The number of fused-ring (bicyclic) bond motifs is 4. The van der Waals surface area contributed by atoms with E-state index >= 15 is 0 Å². The van der Waals surface area contributed by atoms with Gasteiger partial charge < -0.3 is 9.47 Å². The van der Waals surface area contributed by atoms with Gasteiger partial charge in [-0.15, -0.1) is 0 Å². The summed E-state index contributed by atoms with van der Waals surface area (Å²) in [6.07, 6.45) is 0. The molecule has 8 aromatic carbocycles. The number of rotatable bonds is 6. The average Bonchev–Trinajstić information content (AvgIpc) is 3.48. The third-order valence-electron chi connectivity index (χ3n) is 9.37. The zero-order chi connectivity index (χ0) is 31.9. The average molecular weight is 613 g/mol. The van der Waals surface area contributed by atoms with Crippen molar-refractivity contribution in [1.29, 1.82) is 0 Å². The molecule has 0 saturated heterocycles. The van der Waals surface area contributed by atoms with Crippen LogP contribution in [0.2, 0.25) is 0 Å². The van der Waals surface area contributed by atoms with Crippen LogP contribution >= 0.6 is 0 Å². The molecule has 2 heteroatoms. The molecule has 0 bridgehead atoms. The molecule has 1 aromatic heterocycles. The number of nitrogens with zero attached hydrogens (tertiary/aromatic N) is 2. The molecule has 0 unspecified atom stereocenters. The van der Waals surface area contributed by atoms with Crippen LogP contribution in [0.1, 0.15) is 0 Å². The Morgan fingerprint density at radius 1 is 0.312 bits per heavy atom. The van der Waals surface area contributed by atoms with Crippen molar-refractivity contribution in [1.82, 2.24) is 4.57 Å². The standard InChI is InChI=1S/C46H32N2/c1-3-11-33(12-4-1)34-19-25-40(26-20-34)47(39-15-5-2-6-16-39)41-27-21-35(22-28-41)36-23-29-42(30-24-36)48-45-18-10-9-17-43(45)44-31-37-13-7-8-14-38(37)32-46(44)48/h1-32H. The number of anilines is 3. The van der Waals surface area contributed by atoms with Crippen LogP contribution in [0.4, 0.5) is 17.1 Å². The highest BCUT2D eigenvalue weighted by atomic mass is 15.1. The molecular weight excluding hydrogens is 581 g/mol. The van der Waals surface area contributed by atoms with Gasteiger partial charge in [0.1, 0.15) is 0 Å². The fourth-order valence-corrected chi connectivity index (χ4v) is 7.00. The number of aromatic nitrogens is 1. The van der Waals surface area contributed by atoms with Crippen molar-refractivity contribution in [2.24, 2.45) is 0 Å². The number of benzene rings is 8. The van der Waals surface area contributed by atoms with Gasteiger partial charge >= 0.3 is 0 Å². The Labute approximate surface area is 280 Å². The lowest BCUT2D eigenvalue weighted by atomic mass is 10.0. The van der Waals surface area contributed by atoms with Crippen LogP contribution < -0.4 is 4.90 Å².